The van der Waals surface area contributed by atoms with Crippen LogP contribution in [0.2, 0.25) is 0 Å². The number of hydrogen-bond donors (Lipinski definition) is 0. The highest BCUT2D eigenvalue weighted by molar-refractivity contribution is 6.09. The van der Waals surface area contributed by atoms with Crippen LogP contribution < -0.4 is 9.64 Å². The Morgan fingerprint density at radius 1 is 1.07 bits per heavy atom. The zero-order valence-corrected chi connectivity index (χ0v) is 15.4. The average Bonchev–Trinajstić information content (AvgIpc) is 2.80. The van der Waals surface area contributed by atoms with Crippen LogP contribution in [0, 0.1) is 0 Å². The van der Waals surface area contributed by atoms with Gasteiger partial charge in [0.15, 0.2) is 6.10 Å². The predicted molar refractivity (Wildman–Crippen MR) is 106 cm³/mol. The number of ether oxygens (including phenoxy) is 1. The van der Waals surface area contributed by atoms with Crippen molar-refractivity contribution < 1.29 is 9.53 Å². The first-order chi connectivity index (χ1) is 13.2. The topological polar surface area (TPSA) is 42.4 Å². The predicted octanol–water partition coefficient (Wildman–Crippen LogP) is 4.43. The summed E-state index contributed by atoms with van der Waals surface area (Å²) < 4.78 is 6.07. The molecule has 1 aliphatic carbocycles. The van der Waals surface area contributed by atoms with Gasteiger partial charge in [-0.05, 0) is 55.9 Å². The number of amides is 1. The van der Waals surface area contributed by atoms with Crippen LogP contribution >= 0.6 is 0 Å². The van der Waals surface area contributed by atoms with Crippen molar-refractivity contribution in [3.05, 3.63) is 65.4 Å². The number of hydrogen-bond acceptors (Lipinski definition) is 3. The van der Waals surface area contributed by atoms with Gasteiger partial charge >= 0.3 is 0 Å². The standard InChI is InChI=1S/C23H22N2O2/c1-15-23(26)25(14-16-8-3-2-4-9-16)22-17-10-5-6-11-18(17)24-19-12-7-13-20(27-15)21(19)22/h2-4,7-9,12-13,15H,5-6,10-11,14H2,1H3. The maximum absolute atomic E-state index is 13.3. The molecule has 0 saturated heterocycles. The van der Waals surface area contributed by atoms with Gasteiger partial charge in [-0.2, -0.15) is 0 Å². The number of pyridine rings is 1. The third kappa shape index (κ3) is 2.67. The number of benzene rings is 2. The second kappa shape index (κ2) is 6.38. The molecular formula is C23H22N2O2. The lowest BCUT2D eigenvalue weighted by molar-refractivity contribution is -0.124. The molecule has 1 aliphatic heterocycles. The zero-order valence-electron chi connectivity index (χ0n) is 15.4. The first-order valence-electron chi connectivity index (χ1n) is 9.69. The first-order valence-corrected chi connectivity index (χ1v) is 9.69. The molecule has 4 heteroatoms. The maximum atomic E-state index is 13.3. The highest BCUT2D eigenvalue weighted by atomic mass is 16.5. The van der Waals surface area contributed by atoms with Crippen molar-refractivity contribution in [2.45, 2.75) is 45.3 Å². The lowest BCUT2D eigenvalue weighted by Gasteiger charge is -2.28. The van der Waals surface area contributed by atoms with E-state index in [1.165, 1.54) is 5.56 Å². The number of carbonyl (C=O) groups excluding carboxylic acids is 1. The van der Waals surface area contributed by atoms with E-state index in [2.05, 4.69) is 12.1 Å². The summed E-state index contributed by atoms with van der Waals surface area (Å²) >= 11 is 0. The largest absolute Gasteiger partial charge is 0.480 e. The van der Waals surface area contributed by atoms with Crippen LogP contribution in [0.5, 0.6) is 5.75 Å². The number of aromatic nitrogens is 1. The summed E-state index contributed by atoms with van der Waals surface area (Å²) in [6.07, 6.45) is 3.72. The van der Waals surface area contributed by atoms with Crippen molar-refractivity contribution in [3.63, 3.8) is 0 Å². The van der Waals surface area contributed by atoms with Gasteiger partial charge in [0.25, 0.3) is 5.91 Å². The van der Waals surface area contributed by atoms with Gasteiger partial charge in [-0.1, -0.05) is 36.4 Å². The molecule has 1 amide bonds. The van der Waals surface area contributed by atoms with Gasteiger partial charge in [-0.3, -0.25) is 9.78 Å². The molecule has 0 radical (unpaired) electrons. The first kappa shape index (κ1) is 16.3. The minimum atomic E-state index is -0.522. The second-order valence-electron chi connectivity index (χ2n) is 7.41. The third-order valence-corrected chi connectivity index (χ3v) is 5.59. The molecule has 0 fully saturated rings. The Hall–Kier alpha value is -2.88. The Morgan fingerprint density at radius 3 is 2.74 bits per heavy atom. The van der Waals surface area contributed by atoms with E-state index < -0.39 is 6.10 Å². The van der Waals surface area contributed by atoms with E-state index in [1.54, 1.807) is 0 Å². The van der Waals surface area contributed by atoms with Crippen LogP contribution in [0.4, 0.5) is 5.69 Å². The highest BCUT2D eigenvalue weighted by Crippen LogP contribution is 2.43. The number of anilines is 1. The van der Waals surface area contributed by atoms with Crippen molar-refractivity contribution in [2.75, 3.05) is 4.90 Å². The van der Waals surface area contributed by atoms with Crippen LogP contribution in [-0.2, 0) is 24.2 Å². The van der Waals surface area contributed by atoms with Gasteiger partial charge in [0.2, 0.25) is 0 Å². The summed E-state index contributed by atoms with van der Waals surface area (Å²) in [5, 5.41) is 0.979. The lowest BCUT2D eigenvalue weighted by atomic mass is 9.91. The number of aryl methyl sites for hydroxylation is 1. The van der Waals surface area contributed by atoms with Gasteiger partial charge in [0.1, 0.15) is 5.75 Å². The average molecular weight is 358 g/mol. The molecule has 1 unspecified atom stereocenters. The fourth-order valence-electron chi connectivity index (χ4n) is 4.30. The van der Waals surface area contributed by atoms with Gasteiger partial charge in [0, 0.05) is 5.69 Å². The summed E-state index contributed by atoms with van der Waals surface area (Å²) in [5.41, 5.74) is 5.42. The fraction of sp³-hybridized carbons (Fsp3) is 0.304. The van der Waals surface area contributed by atoms with Crippen LogP contribution in [-0.4, -0.2) is 17.0 Å². The molecule has 2 heterocycles. The lowest BCUT2D eigenvalue weighted by Crippen LogP contribution is -2.39. The molecule has 4 nitrogen and oxygen atoms in total. The van der Waals surface area contributed by atoms with Crippen molar-refractivity contribution in [2.24, 2.45) is 0 Å². The Morgan fingerprint density at radius 2 is 1.89 bits per heavy atom. The van der Waals surface area contributed by atoms with Crippen LogP contribution in [0.25, 0.3) is 10.9 Å². The van der Waals surface area contributed by atoms with E-state index in [-0.39, 0.29) is 5.91 Å². The van der Waals surface area contributed by atoms with E-state index >= 15 is 0 Å². The molecule has 1 atom stereocenters. The minimum absolute atomic E-state index is 0.00956. The van der Waals surface area contributed by atoms with E-state index in [4.69, 9.17) is 9.72 Å². The summed E-state index contributed by atoms with van der Waals surface area (Å²) in [4.78, 5) is 20.2. The van der Waals surface area contributed by atoms with Gasteiger partial charge < -0.3 is 9.64 Å². The SMILES string of the molecule is CC1Oc2cccc3nc4c(c(c23)N(Cc2ccccc2)C1=O)CCCC4. The summed E-state index contributed by atoms with van der Waals surface area (Å²) in [6.45, 7) is 2.39. The second-order valence-corrected chi connectivity index (χ2v) is 7.41. The number of fused-ring (bicyclic) bond motifs is 2. The van der Waals surface area contributed by atoms with Crippen molar-refractivity contribution in [1.82, 2.24) is 4.98 Å². The molecular weight excluding hydrogens is 336 g/mol. The van der Waals surface area contributed by atoms with Gasteiger partial charge in [-0.15, -0.1) is 0 Å². The van der Waals surface area contributed by atoms with E-state index in [9.17, 15) is 4.79 Å². The molecule has 0 spiro atoms. The van der Waals surface area contributed by atoms with Crippen LogP contribution in [0.1, 0.15) is 36.6 Å². The number of carbonyl (C=O) groups is 1. The molecule has 0 saturated carbocycles. The van der Waals surface area contributed by atoms with Gasteiger partial charge in [0.05, 0.1) is 23.1 Å². The smallest absolute Gasteiger partial charge is 0.268 e. The van der Waals surface area contributed by atoms with Crippen molar-refractivity contribution in [3.8, 4) is 5.75 Å². The van der Waals surface area contributed by atoms with Crippen LogP contribution in [0.3, 0.4) is 0 Å². The van der Waals surface area contributed by atoms with Crippen molar-refractivity contribution >= 4 is 22.5 Å². The van der Waals surface area contributed by atoms with Crippen molar-refractivity contribution in [1.29, 1.82) is 0 Å². The Balaban J connectivity index is 1.79. The maximum Gasteiger partial charge on any atom is 0.268 e. The summed E-state index contributed by atoms with van der Waals surface area (Å²) in [7, 11) is 0. The monoisotopic (exact) mass is 358 g/mol. The normalized spacial score (nSPS) is 18.8. The molecule has 2 aliphatic rings. The Kier molecular flexibility index (Phi) is 3.85. The fourth-order valence-corrected chi connectivity index (χ4v) is 4.30. The van der Waals surface area contributed by atoms with E-state index in [1.807, 2.05) is 48.2 Å². The Labute approximate surface area is 158 Å². The van der Waals surface area contributed by atoms with E-state index in [0.717, 1.165) is 59.3 Å². The molecule has 0 bridgehead atoms. The highest BCUT2D eigenvalue weighted by Gasteiger charge is 2.33. The van der Waals surface area contributed by atoms with Gasteiger partial charge in [-0.25, -0.2) is 0 Å². The summed E-state index contributed by atoms with van der Waals surface area (Å²) in [5.74, 6) is 0.773. The molecule has 2 aromatic carbocycles. The molecule has 3 aromatic rings. The minimum Gasteiger partial charge on any atom is -0.480 e. The zero-order chi connectivity index (χ0) is 18.4. The third-order valence-electron chi connectivity index (χ3n) is 5.59. The molecule has 0 N–H and O–H groups in total. The molecule has 5 rings (SSSR count). The van der Waals surface area contributed by atoms with E-state index in [0.29, 0.717) is 6.54 Å². The molecule has 1 aromatic heterocycles. The number of rotatable bonds is 2. The molecule has 27 heavy (non-hydrogen) atoms. The molecule has 136 valence electrons. The summed E-state index contributed by atoms with van der Waals surface area (Å²) in [6, 6.07) is 16.1. The Bertz CT molecular complexity index is 1030. The number of nitrogens with zero attached hydrogens (tertiary/aromatic N) is 2. The quantitative estimate of drug-likeness (QED) is 0.681. The van der Waals surface area contributed by atoms with Crippen LogP contribution in [0.15, 0.2) is 48.5 Å².